The summed E-state index contributed by atoms with van der Waals surface area (Å²) in [6, 6.07) is 4.98. The standard InChI is InChI=1S/C48H67N17O10/c1-26(67)59-33(10-5-19-56-47(51)52)41(70)62-35-16-17-39(68)55-18-4-9-32(40(50)69)60-45(74)37(22-29-24-58-31-8-3-2-7-30(29)31)64-42(71)34(11-6-20-57-48(53)54)61-44(73)36(21-27-12-14-28(23-49)15-13-27)63-46(75)38(25-66)65-43(35)72/h2-3,7-8,12-15,24,32-38,58,66H,4-6,9-11,16-22,25H2,1H3,(H2,50,69)(H,55,68)(H,59,67)(H,60,74)(H,61,73)(H,62,70)(H,63,75)(H,64,71)(H,65,72)(H4,51,52,56)(H4,53,54,57)/t32-,33-,34-,35-,36+,37-,38-/m0/s1. The van der Waals surface area contributed by atoms with Gasteiger partial charge in [0.25, 0.3) is 0 Å². The number of aliphatic hydroxyl groups excluding tert-OH is 1. The second-order valence-electron chi connectivity index (χ2n) is 17.7. The van der Waals surface area contributed by atoms with Crippen molar-refractivity contribution in [3.63, 3.8) is 0 Å². The Morgan fingerprint density at radius 2 is 1.36 bits per heavy atom. The number of rotatable bonds is 17. The Kier molecular flexibility index (Phi) is 23.2. The van der Waals surface area contributed by atoms with Crippen molar-refractivity contribution in [2.75, 3.05) is 26.2 Å². The number of aromatic nitrogens is 1. The number of hydrogen-bond donors (Lipinski definition) is 15. The van der Waals surface area contributed by atoms with Gasteiger partial charge in [-0.3, -0.25) is 53.1 Å². The number of primary amides is 1. The molecule has 0 unspecified atom stereocenters. The van der Waals surface area contributed by atoms with Crippen LogP contribution in [0.25, 0.3) is 10.9 Å². The van der Waals surface area contributed by atoms with Crippen molar-refractivity contribution in [2.24, 2.45) is 38.7 Å². The fourth-order valence-electron chi connectivity index (χ4n) is 7.96. The van der Waals surface area contributed by atoms with E-state index in [1.807, 2.05) is 18.2 Å². The first kappa shape index (κ1) is 58.8. The van der Waals surface area contributed by atoms with Crippen molar-refractivity contribution in [3.8, 4) is 6.07 Å². The zero-order valence-electron chi connectivity index (χ0n) is 41.5. The van der Waals surface area contributed by atoms with Crippen molar-refractivity contribution in [2.45, 2.75) is 113 Å². The number of nitrogens with two attached hydrogens (primary N) is 5. The fourth-order valence-corrected chi connectivity index (χ4v) is 7.96. The largest absolute Gasteiger partial charge is 0.394 e. The maximum atomic E-state index is 14.5. The number of aromatic amines is 1. The predicted molar refractivity (Wildman–Crippen MR) is 274 cm³/mol. The van der Waals surface area contributed by atoms with Crippen LogP contribution in [-0.2, 0) is 56.0 Å². The van der Waals surface area contributed by atoms with E-state index in [2.05, 4.69) is 57.5 Å². The van der Waals surface area contributed by atoms with Crippen LogP contribution < -0.4 is 71.2 Å². The molecule has 27 heteroatoms. The van der Waals surface area contributed by atoms with E-state index in [0.717, 1.165) is 10.9 Å². The van der Waals surface area contributed by atoms with Crippen LogP contribution in [0.3, 0.4) is 0 Å². The fraction of sp³-hybridized carbons (Fsp3) is 0.458. The van der Waals surface area contributed by atoms with Crippen LogP contribution in [0.5, 0.6) is 0 Å². The minimum Gasteiger partial charge on any atom is -0.394 e. The van der Waals surface area contributed by atoms with Crippen LogP contribution in [0.1, 0.15) is 75.0 Å². The molecule has 4 rings (SSSR count). The van der Waals surface area contributed by atoms with E-state index in [-0.39, 0.29) is 94.9 Å². The number of nitrogens with one attached hydrogen (secondary N) is 9. The third kappa shape index (κ3) is 19.6. The van der Waals surface area contributed by atoms with E-state index in [9.17, 15) is 53.5 Å². The number of benzene rings is 2. The Hall–Kier alpha value is -8.80. The Balaban J connectivity index is 1.76. The van der Waals surface area contributed by atoms with E-state index in [1.165, 1.54) is 31.2 Å². The van der Waals surface area contributed by atoms with Gasteiger partial charge in [-0.15, -0.1) is 0 Å². The van der Waals surface area contributed by atoms with E-state index in [4.69, 9.17) is 28.7 Å². The number of fused-ring (bicyclic) bond motifs is 1. The van der Waals surface area contributed by atoms with Crippen molar-refractivity contribution >= 4 is 76.0 Å². The zero-order valence-corrected chi connectivity index (χ0v) is 41.5. The van der Waals surface area contributed by atoms with E-state index in [0.29, 0.717) is 11.1 Å². The van der Waals surface area contributed by atoms with Gasteiger partial charge >= 0.3 is 0 Å². The Morgan fingerprint density at radius 3 is 2.00 bits per heavy atom. The number of hydrogen-bond acceptors (Lipinski definition) is 13. The summed E-state index contributed by atoms with van der Waals surface area (Å²) < 4.78 is 0. The van der Waals surface area contributed by atoms with Gasteiger partial charge < -0.3 is 81.3 Å². The van der Waals surface area contributed by atoms with Crippen LogP contribution in [0.15, 0.2) is 64.7 Å². The molecule has 9 amide bonds. The molecule has 1 aliphatic heterocycles. The number of carbonyl (C=O) groups is 9. The number of amides is 9. The number of guanidine groups is 2. The van der Waals surface area contributed by atoms with E-state index >= 15 is 0 Å². The molecule has 1 aliphatic rings. The summed E-state index contributed by atoms with van der Waals surface area (Å²) in [5.41, 5.74) is 29.7. The lowest BCUT2D eigenvalue weighted by atomic mass is 10.0. The molecule has 1 fully saturated rings. The summed E-state index contributed by atoms with van der Waals surface area (Å²) >= 11 is 0. The number of aliphatic hydroxyl groups is 1. The summed E-state index contributed by atoms with van der Waals surface area (Å²) in [6.45, 7) is 0.199. The SMILES string of the molecule is CC(=O)N[C@@H](CCCN=C(N)N)C(=O)N[C@H]1CCC(=O)NCCC[C@@H](C(N)=O)NC(=O)[C@H](Cc2c[nH]c3ccccc23)NC(=O)[C@H](CCCN=C(N)N)NC(=O)[C@@H](Cc2ccc(C#N)cc2)NC(=O)[C@H](CO)NC1=O. The monoisotopic (exact) mass is 1040 g/mol. The van der Waals surface area contributed by atoms with Crippen LogP contribution >= 0.6 is 0 Å². The highest BCUT2D eigenvalue weighted by Gasteiger charge is 2.35. The summed E-state index contributed by atoms with van der Waals surface area (Å²) in [4.78, 5) is 134. The van der Waals surface area contributed by atoms with Crippen LogP contribution in [0.4, 0.5) is 0 Å². The molecule has 0 radical (unpaired) electrons. The number of nitriles is 1. The third-order valence-corrected chi connectivity index (χ3v) is 11.9. The molecule has 1 saturated heterocycles. The Labute approximate surface area is 431 Å². The molecule has 2 aromatic carbocycles. The van der Waals surface area contributed by atoms with Crippen LogP contribution in [0, 0.1) is 11.3 Å². The molecule has 0 bridgehead atoms. The summed E-state index contributed by atoms with van der Waals surface area (Å²) in [7, 11) is 0. The Morgan fingerprint density at radius 1 is 0.760 bits per heavy atom. The van der Waals surface area contributed by atoms with Gasteiger partial charge in [0, 0.05) is 62.9 Å². The maximum Gasteiger partial charge on any atom is 0.245 e. The molecule has 3 aromatic rings. The van der Waals surface area contributed by atoms with Crippen LogP contribution in [0.2, 0.25) is 0 Å². The first-order valence-electron chi connectivity index (χ1n) is 24.2. The predicted octanol–water partition coefficient (Wildman–Crippen LogP) is -4.49. The van der Waals surface area contributed by atoms with Gasteiger partial charge in [-0.1, -0.05) is 30.3 Å². The second kappa shape index (κ2) is 29.7. The van der Waals surface area contributed by atoms with Gasteiger partial charge in [0.15, 0.2) is 11.9 Å². The second-order valence-corrected chi connectivity index (χ2v) is 17.7. The molecule has 7 atom stereocenters. The van der Waals surface area contributed by atoms with Crippen molar-refractivity contribution < 1.29 is 48.3 Å². The normalized spacial score (nSPS) is 21.0. The molecule has 2 heterocycles. The van der Waals surface area contributed by atoms with E-state index in [1.54, 1.807) is 18.3 Å². The molecular formula is C48H67N17O10. The quantitative estimate of drug-likeness (QED) is 0.0344. The first-order valence-corrected chi connectivity index (χ1v) is 24.2. The molecule has 75 heavy (non-hydrogen) atoms. The van der Waals surface area contributed by atoms with Gasteiger partial charge in [-0.2, -0.15) is 5.26 Å². The smallest absolute Gasteiger partial charge is 0.245 e. The summed E-state index contributed by atoms with van der Waals surface area (Å²) in [6.07, 6.45) is 0.756. The van der Waals surface area contributed by atoms with Crippen molar-refractivity contribution in [1.29, 1.82) is 5.26 Å². The lowest BCUT2D eigenvalue weighted by Gasteiger charge is -2.27. The van der Waals surface area contributed by atoms with Gasteiger partial charge in [0.1, 0.15) is 42.3 Å². The number of carbonyl (C=O) groups excluding carboxylic acids is 9. The molecule has 404 valence electrons. The topological polar surface area (TPSA) is 464 Å². The minimum atomic E-state index is -1.78. The first-order chi connectivity index (χ1) is 35.8. The average Bonchev–Trinajstić information content (AvgIpc) is 3.78. The zero-order chi connectivity index (χ0) is 55.0. The minimum absolute atomic E-state index is 0.0116. The van der Waals surface area contributed by atoms with Gasteiger partial charge in [-0.25, -0.2) is 0 Å². The van der Waals surface area contributed by atoms with Gasteiger partial charge in [0.05, 0.1) is 18.2 Å². The summed E-state index contributed by atoms with van der Waals surface area (Å²) in [5, 5.41) is 41.3. The van der Waals surface area contributed by atoms with Crippen molar-refractivity contribution in [3.05, 3.63) is 71.4 Å². The lowest BCUT2D eigenvalue weighted by molar-refractivity contribution is -0.136. The average molecular weight is 1040 g/mol. The van der Waals surface area contributed by atoms with Crippen LogP contribution in [-0.4, -0.2) is 144 Å². The van der Waals surface area contributed by atoms with E-state index < -0.39 is 108 Å². The number of para-hydroxylation sites is 1. The maximum absolute atomic E-state index is 14.5. The molecule has 0 spiro atoms. The molecule has 27 nitrogen and oxygen atoms in total. The molecule has 20 N–H and O–H groups in total. The third-order valence-electron chi connectivity index (χ3n) is 11.9. The number of H-pyrrole nitrogens is 1. The molecule has 1 aromatic heterocycles. The highest BCUT2D eigenvalue weighted by Crippen LogP contribution is 2.20. The molecular weight excluding hydrogens is 975 g/mol. The lowest BCUT2D eigenvalue weighted by Crippen LogP contribution is -2.61. The Bertz CT molecular complexity index is 2610. The number of aliphatic imine (C=N–C) groups is 2. The van der Waals surface area contributed by atoms with Gasteiger partial charge in [-0.05, 0) is 74.3 Å². The van der Waals surface area contributed by atoms with Gasteiger partial charge in [0.2, 0.25) is 53.2 Å². The summed E-state index contributed by atoms with van der Waals surface area (Å²) in [5.74, 6) is -8.16. The highest BCUT2D eigenvalue weighted by molar-refractivity contribution is 5.98. The number of nitrogens with zero attached hydrogens (tertiary/aromatic N) is 3. The van der Waals surface area contributed by atoms with Crippen molar-refractivity contribution in [1.82, 2.24) is 47.5 Å². The highest BCUT2D eigenvalue weighted by atomic mass is 16.3. The molecule has 0 aliphatic carbocycles. The molecule has 0 saturated carbocycles.